The molecule has 3 atom stereocenters. The highest BCUT2D eigenvalue weighted by atomic mass is 79.9. The van der Waals surface area contributed by atoms with Gasteiger partial charge in [0.2, 0.25) is 10.6 Å². The summed E-state index contributed by atoms with van der Waals surface area (Å²) in [6.07, 6.45) is 5.08. The van der Waals surface area contributed by atoms with Gasteiger partial charge in [-0.3, -0.25) is 0 Å². The Kier molecular flexibility index (Phi) is 13.0. The number of hydrogen-bond donors (Lipinski definition) is 0. The minimum Gasteiger partial charge on any atom is -0.481 e. The Bertz CT molecular complexity index is 2030. The highest BCUT2D eigenvalue weighted by molar-refractivity contribution is 9.10. The zero-order chi connectivity index (χ0) is 38.5. The molecule has 5 aromatic rings. The van der Waals surface area contributed by atoms with Gasteiger partial charge in [-0.1, -0.05) is 50.9 Å². The molecule has 16 heteroatoms. The SMILES string of the molecule is CC(C)Cn1nc(Br)nc1Oc1ccc(F)c(Cl)c1.COc1cc(N2C[C@H]3CC[C@@H](C2)C3Cc2nc(Oc3ccc(F)c(Cl)c3)n(CC(C)C)n2)ccn1. The van der Waals surface area contributed by atoms with Crippen molar-refractivity contribution in [3.8, 4) is 29.4 Å². The van der Waals surface area contributed by atoms with Crippen molar-refractivity contribution >= 4 is 44.8 Å². The number of fused-ring (bicyclic) bond motifs is 2. The molecule has 4 heterocycles. The van der Waals surface area contributed by atoms with Crippen LogP contribution in [0.25, 0.3) is 0 Å². The summed E-state index contributed by atoms with van der Waals surface area (Å²) in [6, 6.07) is 13.3. The smallest absolute Gasteiger partial charge is 0.321 e. The molecule has 2 aliphatic rings. The van der Waals surface area contributed by atoms with E-state index in [0.717, 1.165) is 25.3 Å². The van der Waals surface area contributed by atoms with Crippen LogP contribution in [-0.4, -0.2) is 54.7 Å². The number of aromatic nitrogens is 7. The van der Waals surface area contributed by atoms with Crippen LogP contribution in [0, 0.1) is 41.2 Å². The number of methoxy groups -OCH3 is 1. The second-order valence-corrected chi connectivity index (χ2v) is 15.9. The first-order valence-corrected chi connectivity index (χ1v) is 19.4. The lowest BCUT2D eigenvalue weighted by atomic mass is 9.82. The molecule has 1 saturated heterocycles. The van der Waals surface area contributed by atoms with Gasteiger partial charge in [-0.25, -0.2) is 23.1 Å². The third-order valence-corrected chi connectivity index (χ3v) is 10.2. The minimum absolute atomic E-state index is 0.00601. The molecule has 1 aliphatic carbocycles. The minimum atomic E-state index is -0.487. The van der Waals surface area contributed by atoms with Crippen LogP contribution in [0.4, 0.5) is 14.5 Å². The number of nitrogens with zero attached hydrogens (tertiary/aromatic N) is 8. The third-order valence-electron chi connectivity index (χ3n) is 9.31. The van der Waals surface area contributed by atoms with Crippen LogP contribution < -0.4 is 19.1 Å². The number of piperidine rings is 1. The summed E-state index contributed by atoms with van der Waals surface area (Å²) in [6.45, 7) is 11.8. The van der Waals surface area contributed by atoms with Crippen molar-refractivity contribution < 1.29 is 23.0 Å². The summed E-state index contributed by atoms with van der Waals surface area (Å²) in [5.41, 5.74) is 1.17. The van der Waals surface area contributed by atoms with Gasteiger partial charge in [0.25, 0.3) is 0 Å². The van der Waals surface area contributed by atoms with Crippen LogP contribution in [0.1, 0.15) is 46.4 Å². The fourth-order valence-electron chi connectivity index (χ4n) is 6.93. The quantitative estimate of drug-likeness (QED) is 0.121. The summed E-state index contributed by atoms with van der Waals surface area (Å²) in [5, 5.41) is 9.02. The third kappa shape index (κ3) is 9.99. The lowest BCUT2D eigenvalue weighted by Crippen LogP contribution is -2.42. The van der Waals surface area contributed by atoms with Crippen molar-refractivity contribution in [2.24, 2.45) is 29.6 Å². The van der Waals surface area contributed by atoms with Crippen LogP contribution in [0.15, 0.2) is 59.5 Å². The number of ether oxygens (including phenoxy) is 3. The Morgan fingerprint density at radius 2 is 1.35 bits per heavy atom. The summed E-state index contributed by atoms with van der Waals surface area (Å²) < 4.78 is 47.4. The molecule has 11 nitrogen and oxygen atoms in total. The number of hydrogen-bond acceptors (Lipinski definition) is 9. The number of pyridine rings is 1. The first kappa shape index (κ1) is 39.7. The van der Waals surface area contributed by atoms with Gasteiger partial charge in [0, 0.05) is 62.7 Å². The van der Waals surface area contributed by atoms with Crippen molar-refractivity contribution in [2.45, 2.75) is 60.0 Å². The molecule has 2 fully saturated rings. The molecule has 1 unspecified atom stereocenters. The van der Waals surface area contributed by atoms with Gasteiger partial charge >= 0.3 is 12.0 Å². The van der Waals surface area contributed by atoms with E-state index in [-0.39, 0.29) is 10.0 Å². The van der Waals surface area contributed by atoms with Gasteiger partial charge in [0.05, 0.1) is 17.2 Å². The van der Waals surface area contributed by atoms with Crippen LogP contribution in [0.2, 0.25) is 10.0 Å². The second-order valence-electron chi connectivity index (χ2n) is 14.4. The molecule has 54 heavy (non-hydrogen) atoms. The van der Waals surface area contributed by atoms with Crippen LogP contribution in [0.5, 0.6) is 29.4 Å². The van der Waals surface area contributed by atoms with E-state index in [1.54, 1.807) is 17.9 Å². The molecule has 3 aromatic heterocycles. The maximum atomic E-state index is 13.6. The Labute approximate surface area is 332 Å². The van der Waals surface area contributed by atoms with Gasteiger partial charge in [0.15, 0.2) is 5.82 Å². The lowest BCUT2D eigenvalue weighted by molar-refractivity contribution is 0.265. The Hall–Kier alpha value is -4.01. The van der Waals surface area contributed by atoms with E-state index in [1.165, 1.54) is 48.9 Å². The molecule has 7 rings (SSSR count). The monoisotopic (exact) mass is 846 g/mol. The van der Waals surface area contributed by atoms with Crippen molar-refractivity contribution in [1.29, 1.82) is 0 Å². The van der Waals surface area contributed by atoms with Crippen LogP contribution in [-0.2, 0) is 19.5 Å². The zero-order valence-electron chi connectivity index (χ0n) is 30.7. The predicted octanol–water partition coefficient (Wildman–Crippen LogP) is 9.91. The summed E-state index contributed by atoms with van der Waals surface area (Å²) in [4.78, 5) is 15.6. The van der Waals surface area contributed by atoms with E-state index < -0.39 is 11.6 Å². The van der Waals surface area contributed by atoms with Crippen molar-refractivity contribution in [3.63, 3.8) is 0 Å². The zero-order valence-corrected chi connectivity index (χ0v) is 33.8. The highest BCUT2D eigenvalue weighted by Crippen LogP contribution is 2.45. The molecule has 1 saturated carbocycles. The van der Waals surface area contributed by atoms with Crippen LogP contribution in [0.3, 0.4) is 0 Å². The molecular formula is C38H43BrCl2F2N8O3. The molecule has 0 spiro atoms. The van der Waals surface area contributed by atoms with Crippen molar-refractivity contribution in [1.82, 2.24) is 34.5 Å². The van der Waals surface area contributed by atoms with E-state index >= 15 is 0 Å². The largest absolute Gasteiger partial charge is 0.481 e. The number of rotatable bonds is 12. The molecule has 0 N–H and O–H groups in total. The summed E-state index contributed by atoms with van der Waals surface area (Å²) in [7, 11) is 1.65. The van der Waals surface area contributed by atoms with Gasteiger partial charge < -0.3 is 19.1 Å². The number of halogens is 5. The van der Waals surface area contributed by atoms with Crippen LogP contribution >= 0.6 is 39.1 Å². The molecule has 2 bridgehead atoms. The molecule has 288 valence electrons. The van der Waals surface area contributed by atoms with E-state index in [1.807, 2.05) is 16.9 Å². The Balaban J connectivity index is 0.000000221. The molecule has 2 aromatic carbocycles. The molecule has 1 aliphatic heterocycles. The summed E-state index contributed by atoms with van der Waals surface area (Å²) in [5.74, 6) is 3.83. The van der Waals surface area contributed by atoms with Gasteiger partial charge in [-0.05, 0) is 88.7 Å². The van der Waals surface area contributed by atoms with Gasteiger partial charge in [0.1, 0.15) is 23.1 Å². The van der Waals surface area contributed by atoms with Gasteiger partial charge in [-0.15, -0.1) is 5.10 Å². The van der Waals surface area contributed by atoms with E-state index in [9.17, 15) is 8.78 Å². The normalized spacial score (nSPS) is 17.9. The standard InChI is InChI=1S/C26H31ClFN5O2.C12H12BrClFN3O/c1-16(2)13-33-26(35-20-6-7-23(28)22(27)11-20)30-24(31-33)12-21-17-4-5-18(21)15-32(14-17)19-8-9-29-25(10-19)34-3;1-7(2)6-18-12(16-11(13)17-18)19-8-3-4-10(15)9(14)5-8/h6-11,16-18,21H,4-5,12-15H2,1-3H3;3-5,7H,6H2,1-2H3/t17-,18+,21?;. The average Bonchev–Trinajstić information content (AvgIpc) is 3.73. The maximum absolute atomic E-state index is 13.6. The predicted molar refractivity (Wildman–Crippen MR) is 207 cm³/mol. The lowest BCUT2D eigenvalue weighted by Gasteiger charge is -2.39. The first-order chi connectivity index (χ1) is 25.8. The molecular weight excluding hydrogens is 805 g/mol. The van der Waals surface area contributed by atoms with E-state index in [0.29, 0.717) is 76.8 Å². The second kappa shape index (κ2) is 17.6. The number of anilines is 1. The Morgan fingerprint density at radius 1 is 0.796 bits per heavy atom. The highest BCUT2D eigenvalue weighted by Gasteiger charge is 2.42. The maximum Gasteiger partial charge on any atom is 0.321 e. The van der Waals surface area contributed by atoms with E-state index in [2.05, 4.69) is 69.7 Å². The average molecular weight is 849 g/mol. The summed E-state index contributed by atoms with van der Waals surface area (Å²) >= 11 is 14.8. The van der Waals surface area contributed by atoms with Crippen molar-refractivity contribution in [3.05, 3.63) is 87.0 Å². The number of benzene rings is 2. The van der Waals surface area contributed by atoms with E-state index in [4.69, 9.17) is 47.5 Å². The van der Waals surface area contributed by atoms with Gasteiger partial charge in [-0.2, -0.15) is 15.1 Å². The fourth-order valence-corrected chi connectivity index (χ4v) is 7.61. The molecule has 0 amide bonds. The Morgan fingerprint density at radius 3 is 1.89 bits per heavy atom. The first-order valence-electron chi connectivity index (χ1n) is 17.9. The molecule has 0 radical (unpaired) electrons. The fraction of sp³-hybridized carbons (Fsp3) is 0.447. The van der Waals surface area contributed by atoms with Crippen molar-refractivity contribution in [2.75, 3.05) is 25.1 Å². The topological polar surface area (TPSA) is 105 Å².